The van der Waals surface area contributed by atoms with Crippen molar-refractivity contribution in [1.29, 1.82) is 0 Å². The molecule has 0 radical (unpaired) electrons. The Bertz CT molecular complexity index is 427. The summed E-state index contributed by atoms with van der Waals surface area (Å²) in [6.07, 6.45) is 5.96. The molecule has 1 aromatic heterocycles. The number of halogens is 1. The smallest absolute Gasteiger partial charge is 0.0930 e. The van der Waals surface area contributed by atoms with Crippen LogP contribution in [-0.2, 0) is 13.0 Å². The maximum absolute atomic E-state index is 4.57. The highest BCUT2D eigenvalue weighted by Crippen LogP contribution is 2.36. The standard InChI is InChI=1S/C15H25N3S.ClH/c1-12(2)7-14-17-8-13(19-14)9-18-6-4-15(11-18)3-5-16-10-15;/h8,12,16H,3-7,9-11H2,1-2H3;1H. The Balaban J connectivity index is 0.00000147. The summed E-state index contributed by atoms with van der Waals surface area (Å²) in [6.45, 7) is 10.6. The van der Waals surface area contributed by atoms with E-state index in [9.17, 15) is 0 Å². The molecule has 0 aliphatic carbocycles. The van der Waals surface area contributed by atoms with E-state index < -0.39 is 0 Å². The minimum Gasteiger partial charge on any atom is -0.316 e. The van der Waals surface area contributed by atoms with Crippen molar-refractivity contribution in [3.05, 3.63) is 16.1 Å². The molecule has 0 aromatic carbocycles. The van der Waals surface area contributed by atoms with Gasteiger partial charge in [-0.1, -0.05) is 13.8 Å². The van der Waals surface area contributed by atoms with Gasteiger partial charge < -0.3 is 5.32 Å². The van der Waals surface area contributed by atoms with Gasteiger partial charge in [-0.3, -0.25) is 4.90 Å². The molecule has 0 saturated carbocycles. The van der Waals surface area contributed by atoms with Crippen molar-refractivity contribution in [2.75, 3.05) is 26.2 Å². The monoisotopic (exact) mass is 315 g/mol. The van der Waals surface area contributed by atoms with Crippen molar-refractivity contribution < 1.29 is 0 Å². The fourth-order valence-corrected chi connectivity index (χ4v) is 4.57. The maximum Gasteiger partial charge on any atom is 0.0930 e. The third-order valence-corrected chi connectivity index (χ3v) is 5.42. The second-order valence-corrected chi connectivity index (χ2v) is 7.91. The first-order valence-electron chi connectivity index (χ1n) is 7.52. The van der Waals surface area contributed by atoms with Crippen LogP contribution in [0, 0.1) is 11.3 Å². The predicted molar refractivity (Wildman–Crippen MR) is 87.7 cm³/mol. The molecule has 1 aromatic rings. The first-order chi connectivity index (χ1) is 9.15. The highest BCUT2D eigenvalue weighted by atomic mass is 35.5. The summed E-state index contributed by atoms with van der Waals surface area (Å²) in [5.74, 6) is 0.707. The molecule has 3 heterocycles. The number of rotatable bonds is 4. The second kappa shape index (κ2) is 6.73. The molecule has 2 aliphatic rings. The lowest BCUT2D eigenvalue weighted by molar-refractivity contribution is 0.270. The van der Waals surface area contributed by atoms with Gasteiger partial charge in [0.15, 0.2) is 0 Å². The number of hydrogen-bond donors (Lipinski definition) is 1. The van der Waals surface area contributed by atoms with Crippen molar-refractivity contribution in [3.8, 4) is 0 Å². The SMILES string of the molecule is CC(C)Cc1ncc(CN2CCC3(CCNC3)C2)s1.Cl. The molecule has 5 heteroatoms. The molecule has 3 nitrogen and oxygen atoms in total. The van der Waals surface area contributed by atoms with E-state index >= 15 is 0 Å². The summed E-state index contributed by atoms with van der Waals surface area (Å²) in [4.78, 5) is 8.63. The lowest BCUT2D eigenvalue weighted by atomic mass is 9.87. The molecule has 0 bridgehead atoms. The zero-order valence-corrected chi connectivity index (χ0v) is 14.2. The van der Waals surface area contributed by atoms with Crippen LogP contribution in [0.5, 0.6) is 0 Å². The van der Waals surface area contributed by atoms with E-state index in [0.717, 1.165) is 13.0 Å². The Hall–Kier alpha value is -0.160. The third kappa shape index (κ3) is 3.73. The molecule has 2 aliphatic heterocycles. The van der Waals surface area contributed by atoms with Crippen LogP contribution in [-0.4, -0.2) is 36.1 Å². The van der Waals surface area contributed by atoms with Crippen LogP contribution in [0.4, 0.5) is 0 Å². The molecule has 1 N–H and O–H groups in total. The zero-order chi connectivity index (χ0) is 13.3. The summed E-state index contributed by atoms with van der Waals surface area (Å²) >= 11 is 1.91. The normalized spacial score (nSPS) is 26.6. The second-order valence-electron chi connectivity index (χ2n) is 6.71. The number of hydrogen-bond acceptors (Lipinski definition) is 4. The number of nitrogens with zero attached hydrogens (tertiary/aromatic N) is 2. The average Bonchev–Trinajstić information content (AvgIpc) is 3.04. The minimum atomic E-state index is 0. The number of thiazole rings is 1. The lowest BCUT2D eigenvalue weighted by Gasteiger charge is -2.22. The highest BCUT2D eigenvalue weighted by Gasteiger charge is 2.40. The highest BCUT2D eigenvalue weighted by molar-refractivity contribution is 7.11. The van der Waals surface area contributed by atoms with Crippen LogP contribution in [0.2, 0.25) is 0 Å². The Morgan fingerprint density at radius 2 is 2.30 bits per heavy atom. The fourth-order valence-electron chi connectivity index (χ4n) is 3.39. The van der Waals surface area contributed by atoms with E-state index in [0.29, 0.717) is 11.3 Å². The molecule has 2 saturated heterocycles. The van der Waals surface area contributed by atoms with Crippen molar-refractivity contribution in [2.24, 2.45) is 11.3 Å². The van der Waals surface area contributed by atoms with Gasteiger partial charge in [0.1, 0.15) is 0 Å². The molecule has 1 unspecified atom stereocenters. The van der Waals surface area contributed by atoms with Crippen LogP contribution in [0.25, 0.3) is 0 Å². The number of aromatic nitrogens is 1. The van der Waals surface area contributed by atoms with Crippen LogP contribution in [0.3, 0.4) is 0 Å². The van der Waals surface area contributed by atoms with E-state index in [2.05, 4.69) is 35.2 Å². The molecular formula is C15H26ClN3S. The van der Waals surface area contributed by atoms with Crippen LogP contribution < -0.4 is 5.32 Å². The summed E-state index contributed by atoms with van der Waals surface area (Å²) in [5, 5.41) is 4.84. The van der Waals surface area contributed by atoms with Gasteiger partial charge in [-0.2, -0.15) is 0 Å². The minimum absolute atomic E-state index is 0. The fraction of sp³-hybridized carbons (Fsp3) is 0.800. The Morgan fingerprint density at radius 3 is 3.00 bits per heavy atom. The molecule has 1 atom stereocenters. The van der Waals surface area contributed by atoms with Gasteiger partial charge in [-0.15, -0.1) is 23.7 Å². The quantitative estimate of drug-likeness (QED) is 0.926. The van der Waals surface area contributed by atoms with Crippen molar-refractivity contribution >= 4 is 23.7 Å². The molecule has 0 amide bonds. The zero-order valence-electron chi connectivity index (χ0n) is 12.5. The number of likely N-dealkylation sites (tertiary alicyclic amines) is 1. The summed E-state index contributed by atoms with van der Waals surface area (Å²) in [5.41, 5.74) is 0.589. The van der Waals surface area contributed by atoms with Crippen LogP contribution in [0.15, 0.2) is 6.20 Å². The molecule has 1 spiro atoms. The predicted octanol–water partition coefficient (Wildman–Crippen LogP) is 2.95. The molecule has 3 rings (SSSR count). The van der Waals surface area contributed by atoms with E-state index in [1.165, 1.54) is 48.9 Å². The van der Waals surface area contributed by atoms with Gasteiger partial charge in [-0.25, -0.2) is 4.98 Å². The molecule has 20 heavy (non-hydrogen) atoms. The van der Waals surface area contributed by atoms with Gasteiger partial charge in [-0.05, 0) is 37.3 Å². The Labute approximate surface area is 132 Å². The topological polar surface area (TPSA) is 28.2 Å². The van der Waals surface area contributed by atoms with Crippen molar-refractivity contribution in [1.82, 2.24) is 15.2 Å². The first kappa shape index (κ1) is 16.2. The van der Waals surface area contributed by atoms with E-state index in [1.54, 1.807) is 0 Å². The average molecular weight is 316 g/mol. The van der Waals surface area contributed by atoms with Gasteiger partial charge in [0, 0.05) is 37.1 Å². The van der Waals surface area contributed by atoms with Crippen LogP contribution in [0.1, 0.15) is 36.6 Å². The summed E-state index contributed by atoms with van der Waals surface area (Å²) in [7, 11) is 0. The molecular weight excluding hydrogens is 290 g/mol. The Kier molecular flexibility index (Phi) is 5.46. The van der Waals surface area contributed by atoms with Gasteiger partial charge in [0.2, 0.25) is 0 Å². The maximum atomic E-state index is 4.57. The molecule has 2 fully saturated rings. The first-order valence-corrected chi connectivity index (χ1v) is 8.34. The molecule has 114 valence electrons. The number of nitrogens with one attached hydrogen (secondary N) is 1. The van der Waals surface area contributed by atoms with E-state index in [1.807, 2.05) is 11.3 Å². The van der Waals surface area contributed by atoms with Crippen molar-refractivity contribution in [2.45, 2.75) is 39.7 Å². The lowest BCUT2D eigenvalue weighted by Crippen LogP contribution is -2.28. The van der Waals surface area contributed by atoms with Crippen LogP contribution >= 0.6 is 23.7 Å². The summed E-state index contributed by atoms with van der Waals surface area (Å²) in [6, 6.07) is 0. The van der Waals surface area contributed by atoms with Gasteiger partial charge in [0.25, 0.3) is 0 Å². The Morgan fingerprint density at radius 1 is 1.45 bits per heavy atom. The van der Waals surface area contributed by atoms with E-state index in [4.69, 9.17) is 0 Å². The third-order valence-electron chi connectivity index (χ3n) is 4.41. The van der Waals surface area contributed by atoms with Gasteiger partial charge >= 0.3 is 0 Å². The van der Waals surface area contributed by atoms with Crippen molar-refractivity contribution in [3.63, 3.8) is 0 Å². The summed E-state index contributed by atoms with van der Waals surface area (Å²) < 4.78 is 0. The van der Waals surface area contributed by atoms with E-state index in [-0.39, 0.29) is 12.4 Å². The van der Waals surface area contributed by atoms with Gasteiger partial charge in [0.05, 0.1) is 5.01 Å². The largest absolute Gasteiger partial charge is 0.316 e.